The summed E-state index contributed by atoms with van der Waals surface area (Å²) in [4.78, 5) is 2.35. The molecular weight excluding hydrogens is 226 g/mol. The number of β-amino-alcohol motifs (C(OH)–C–C–N with tert-alkyl or cyclic N) is 1. The zero-order chi connectivity index (χ0) is 13.0. The first kappa shape index (κ1) is 13.4. The number of hydrogen-bond donors (Lipinski definition) is 1. The van der Waals surface area contributed by atoms with E-state index >= 15 is 0 Å². The number of methoxy groups -OCH3 is 1. The molecule has 100 valence electrons. The van der Waals surface area contributed by atoms with Crippen LogP contribution >= 0.6 is 0 Å². The first-order valence-corrected chi connectivity index (χ1v) is 6.75. The van der Waals surface area contributed by atoms with E-state index in [1.165, 1.54) is 19.3 Å². The van der Waals surface area contributed by atoms with Gasteiger partial charge in [-0.3, -0.25) is 0 Å². The minimum atomic E-state index is -0.396. The molecule has 0 radical (unpaired) electrons. The van der Waals surface area contributed by atoms with Gasteiger partial charge in [0.2, 0.25) is 0 Å². The average Bonchev–Trinajstić information content (AvgIpc) is 2.39. The molecule has 1 heterocycles. The minimum Gasteiger partial charge on any atom is -0.496 e. The number of ether oxygens (including phenoxy) is 1. The quantitative estimate of drug-likeness (QED) is 0.890. The van der Waals surface area contributed by atoms with Gasteiger partial charge < -0.3 is 14.7 Å². The molecule has 1 fully saturated rings. The van der Waals surface area contributed by atoms with E-state index in [2.05, 4.69) is 4.90 Å². The fourth-order valence-corrected chi connectivity index (χ4v) is 2.60. The maximum atomic E-state index is 10.3. The zero-order valence-corrected chi connectivity index (χ0v) is 11.4. The van der Waals surface area contributed by atoms with Crippen LogP contribution in [0, 0.1) is 6.92 Å². The van der Waals surface area contributed by atoms with Gasteiger partial charge in [-0.15, -0.1) is 0 Å². The van der Waals surface area contributed by atoms with E-state index in [-0.39, 0.29) is 0 Å². The van der Waals surface area contributed by atoms with E-state index in [9.17, 15) is 5.11 Å². The normalized spacial score (nSPS) is 18.6. The molecule has 18 heavy (non-hydrogen) atoms. The highest BCUT2D eigenvalue weighted by molar-refractivity contribution is 5.37. The Hall–Kier alpha value is -1.06. The Morgan fingerprint density at radius 2 is 2.00 bits per heavy atom. The molecule has 0 bridgehead atoms. The summed E-state index contributed by atoms with van der Waals surface area (Å²) in [5.74, 6) is 0.879. The molecule has 0 amide bonds. The van der Waals surface area contributed by atoms with Gasteiger partial charge >= 0.3 is 0 Å². The number of hydrogen-bond acceptors (Lipinski definition) is 3. The molecule has 0 saturated carbocycles. The van der Waals surface area contributed by atoms with Gasteiger partial charge in [0.1, 0.15) is 5.75 Å². The van der Waals surface area contributed by atoms with Crippen LogP contribution in [0.15, 0.2) is 18.2 Å². The maximum absolute atomic E-state index is 10.3. The molecular formula is C15H23NO2. The first-order valence-electron chi connectivity index (χ1n) is 6.75. The molecule has 0 spiro atoms. The minimum absolute atomic E-state index is 0.396. The smallest absolute Gasteiger partial charge is 0.121 e. The summed E-state index contributed by atoms with van der Waals surface area (Å²) >= 11 is 0. The highest BCUT2D eigenvalue weighted by Crippen LogP contribution is 2.23. The number of piperidine rings is 1. The average molecular weight is 249 g/mol. The third-order valence-corrected chi connectivity index (χ3v) is 3.68. The van der Waals surface area contributed by atoms with Crippen molar-refractivity contribution in [3.63, 3.8) is 0 Å². The number of benzene rings is 1. The predicted molar refractivity (Wildman–Crippen MR) is 73.0 cm³/mol. The van der Waals surface area contributed by atoms with E-state index in [0.29, 0.717) is 0 Å². The highest BCUT2D eigenvalue weighted by Gasteiger charge is 2.16. The van der Waals surface area contributed by atoms with Crippen LogP contribution in [0.4, 0.5) is 0 Å². The predicted octanol–water partition coefficient (Wildman–Crippen LogP) is 2.52. The molecule has 2 rings (SSSR count). The molecule has 0 aliphatic carbocycles. The molecule has 1 N–H and O–H groups in total. The van der Waals surface area contributed by atoms with Crippen molar-refractivity contribution in [3.05, 3.63) is 29.3 Å². The van der Waals surface area contributed by atoms with Crippen LogP contribution in [-0.4, -0.2) is 36.8 Å². The topological polar surface area (TPSA) is 32.7 Å². The molecule has 1 aromatic carbocycles. The summed E-state index contributed by atoms with van der Waals surface area (Å²) in [5, 5.41) is 10.3. The zero-order valence-electron chi connectivity index (χ0n) is 11.4. The third-order valence-electron chi connectivity index (χ3n) is 3.68. The van der Waals surface area contributed by atoms with Gasteiger partial charge in [-0.1, -0.05) is 12.5 Å². The maximum Gasteiger partial charge on any atom is 0.121 e. The second-order valence-corrected chi connectivity index (χ2v) is 5.11. The van der Waals surface area contributed by atoms with Crippen LogP contribution in [0.25, 0.3) is 0 Å². The van der Waals surface area contributed by atoms with Crippen LogP contribution in [0.1, 0.15) is 36.5 Å². The van der Waals surface area contributed by atoms with Gasteiger partial charge in [-0.25, -0.2) is 0 Å². The molecule has 0 aromatic heterocycles. The molecule has 1 unspecified atom stereocenters. The van der Waals surface area contributed by atoms with Crippen molar-refractivity contribution in [2.75, 3.05) is 26.7 Å². The van der Waals surface area contributed by atoms with Crippen molar-refractivity contribution in [1.29, 1.82) is 0 Å². The Morgan fingerprint density at radius 3 is 2.61 bits per heavy atom. The highest BCUT2D eigenvalue weighted by atomic mass is 16.5. The van der Waals surface area contributed by atoms with Crippen molar-refractivity contribution in [2.45, 2.75) is 32.3 Å². The molecule has 3 nitrogen and oxygen atoms in total. The Kier molecular flexibility index (Phi) is 4.61. The van der Waals surface area contributed by atoms with Gasteiger partial charge in [-0.05, 0) is 56.1 Å². The summed E-state index contributed by atoms with van der Waals surface area (Å²) in [5.41, 5.74) is 2.06. The van der Waals surface area contributed by atoms with Crippen molar-refractivity contribution in [2.24, 2.45) is 0 Å². The number of aryl methyl sites for hydroxylation is 1. The second kappa shape index (κ2) is 6.21. The van der Waals surface area contributed by atoms with Gasteiger partial charge in [0.25, 0.3) is 0 Å². The number of aliphatic hydroxyl groups excluding tert-OH is 1. The van der Waals surface area contributed by atoms with Crippen molar-refractivity contribution in [3.8, 4) is 5.75 Å². The SMILES string of the molecule is COc1ccc(C(O)CN2CCCCC2)cc1C. The van der Waals surface area contributed by atoms with E-state index in [4.69, 9.17) is 4.74 Å². The summed E-state index contributed by atoms with van der Waals surface area (Å²) in [6.45, 7) is 4.99. The fourth-order valence-electron chi connectivity index (χ4n) is 2.60. The largest absolute Gasteiger partial charge is 0.496 e. The van der Waals surface area contributed by atoms with E-state index in [0.717, 1.165) is 36.5 Å². The number of nitrogens with zero attached hydrogens (tertiary/aromatic N) is 1. The second-order valence-electron chi connectivity index (χ2n) is 5.11. The molecule has 1 saturated heterocycles. The standard InChI is InChI=1S/C15H23NO2/c1-12-10-13(6-7-15(12)18-2)14(17)11-16-8-4-3-5-9-16/h6-7,10,14,17H,3-5,8-9,11H2,1-2H3. The van der Waals surface area contributed by atoms with Crippen molar-refractivity contribution < 1.29 is 9.84 Å². The number of aliphatic hydroxyl groups is 1. The lowest BCUT2D eigenvalue weighted by Gasteiger charge is -2.28. The van der Waals surface area contributed by atoms with Gasteiger partial charge in [-0.2, -0.15) is 0 Å². The van der Waals surface area contributed by atoms with Gasteiger partial charge in [0, 0.05) is 6.54 Å². The van der Waals surface area contributed by atoms with Crippen molar-refractivity contribution in [1.82, 2.24) is 4.90 Å². The fraction of sp³-hybridized carbons (Fsp3) is 0.600. The van der Waals surface area contributed by atoms with Crippen LogP contribution in [0.2, 0.25) is 0 Å². The monoisotopic (exact) mass is 249 g/mol. The first-order chi connectivity index (χ1) is 8.70. The lowest BCUT2D eigenvalue weighted by Crippen LogP contribution is -2.33. The Balaban J connectivity index is 1.99. The Morgan fingerprint density at radius 1 is 1.28 bits per heavy atom. The van der Waals surface area contributed by atoms with Crippen LogP contribution in [-0.2, 0) is 0 Å². The molecule has 1 aromatic rings. The van der Waals surface area contributed by atoms with Gasteiger partial charge in [0.05, 0.1) is 13.2 Å². The van der Waals surface area contributed by atoms with Crippen LogP contribution < -0.4 is 4.74 Å². The molecule has 1 atom stereocenters. The van der Waals surface area contributed by atoms with Crippen LogP contribution in [0.3, 0.4) is 0 Å². The van der Waals surface area contributed by atoms with E-state index in [1.54, 1.807) is 7.11 Å². The molecule has 1 aliphatic heterocycles. The summed E-state index contributed by atoms with van der Waals surface area (Å²) in [6.07, 6.45) is 3.45. The van der Waals surface area contributed by atoms with E-state index in [1.807, 2.05) is 25.1 Å². The Labute approximate surface area is 109 Å². The Bertz CT molecular complexity index is 386. The summed E-state index contributed by atoms with van der Waals surface area (Å²) < 4.78 is 5.24. The number of rotatable bonds is 4. The molecule has 1 aliphatic rings. The van der Waals surface area contributed by atoms with Crippen molar-refractivity contribution >= 4 is 0 Å². The summed E-state index contributed by atoms with van der Waals surface area (Å²) in [7, 11) is 1.67. The third kappa shape index (κ3) is 3.24. The van der Waals surface area contributed by atoms with Crippen LogP contribution in [0.5, 0.6) is 5.75 Å². The lowest BCUT2D eigenvalue weighted by atomic mass is 10.0. The molecule has 3 heteroatoms. The number of likely N-dealkylation sites (tertiary alicyclic amines) is 1. The lowest BCUT2D eigenvalue weighted by molar-refractivity contribution is 0.101. The van der Waals surface area contributed by atoms with Gasteiger partial charge in [0.15, 0.2) is 0 Å². The van der Waals surface area contributed by atoms with E-state index < -0.39 is 6.10 Å². The summed E-state index contributed by atoms with van der Waals surface area (Å²) in [6, 6.07) is 5.91.